The van der Waals surface area contributed by atoms with Crippen molar-refractivity contribution in [2.45, 2.75) is 39.3 Å². The second kappa shape index (κ2) is 6.55. The van der Waals surface area contributed by atoms with Crippen molar-refractivity contribution in [2.75, 3.05) is 0 Å². The second-order valence-electron chi connectivity index (χ2n) is 6.86. The van der Waals surface area contributed by atoms with E-state index in [2.05, 4.69) is 15.3 Å². The minimum atomic E-state index is -0.551. The Bertz CT molecular complexity index is 881. The van der Waals surface area contributed by atoms with Gasteiger partial charge < -0.3 is 10.1 Å². The summed E-state index contributed by atoms with van der Waals surface area (Å²) in [5, 5.41) is 2.85. The molecule has 0 aliphatic heterocycles. The number of nitrogens with one attached hydrogen (secondary N) is 1. The van der Waals surface area contributed by atoms with Gasteiger partial charge in [0.05, 0.1) is 6.04 Å². The number of fused-ring (bicyclic) bond motifs is 1. The van der Waals surface area contributed by atoms with Crippen molar-refractivity contribution in [3.63, 3.8) is 0 Å². The van der Waals surface area contributed by atoms with E-state index in [0.29, 0.717) is 5.82 Å². The zero-order valence-electron chi connectivity index (χ0n) is 14.9. The number of hydrogen-bond donors (Lipinski definition) is 1. The van der Waals surface area contributed by atoms with Gasteiger partial charge in [0.25, 0.3) is 0 Å². The Labute approximate surface area is 146 Å². The van der Waals surface area contributed by atoms with E-state index in [-0.39, 0.29) is 6.04 Å². The molecule has 1 atom stereocenters. The quantitative estimate of drug-likeness (QED) is 0.783. The van der Waals surface area contributed by atoms with Crippen LogP contribution in [0, 0.1) is 0 Å². The number of nitrogens with zero attached hydrogens (tertiary/aromatic N) is 3. The van der Waals surface area contributed by atoms with Crippen molar-refractivity contribution in [1.82, 2.24) is 19.9 Å². The summed E-state index contributed by atoms with van der Waals surface area (Å²) in [7, 11) is 0. The molecule has 0 aliphatic rings. The topological polar surface area (TPSA) is 69.0 Å². The van der Waals surface area contributed by atoms with Crippen molar-refractivity contribution >= 4 is 17.3 Å². The maximum atomic E-state index is 12.1. The molecular formula is C19H22N4O2. The molecule has 6 nitrogen and oxygen atoms in total. The Kier molecular flexibility index (Phi) is 4.44. The van der Waals surface area contributed by atoms with Gasteiger partial charge in [-0.25, -0.2) is 14.8 Å². The van der Waals surface area contributed by atoms with Crippen molar-refractivity contribution in [2.24, 2.45) is 0 Å². The van der Waals surface area contributed by atoms with Crippen LogP contribution in [0.4, 0.5) is 4.79 Å². The number of ether oxygens (including phenoxy) is 1. The summed E-state index contributed by atoms with van der Waals surface area (Å²) >= 11 is 0. The van der Waals surface area contributed by atoms with Crippen LogP contribution < -0.4 is 5.32 Å². The van der Waals surface area contributed by atoms with Crippen LogP contribution in [0.3, 0.4) is 0 Å². The van der Waals surface area contributed by atoms with Gasteiger partial charge in [0.2, 0.25) is 0 Å². The van der Waals surface area contributed by atoms with Gasteiger partial charge in [-0.3, -0.25) is 4.57 Å². The Morgan fingerprint density at radius 3 is 2.56 bits per heavy atom. The first-order valence-electron chi connectivity index (χ1n) is 8.23. The fraction of sp³-hybridized carbons (Fsp3) is 0.316. The molecular weight excluding hydrogens is 316 g/mol. The maximum Gasteiger partial charge on any atom is 0.408 e. The highest BCUT2D eigenvalue weighted by Gasteiger charge is 2.23. The van der Waals surface area contributed by atoms with E-state index in [0.717, 1.165) is 16.9 Å². The van der Waals surface area contributed by atoms with Gasteiger partial charge in [-0.05, 0) is 52.0 Å². The van der Waals surface area contributed by atoms with Gasteiger partial charge in [-0.1, -0.05) is 18.2 Å². The maximum absolute atomic E-state index is 12.1. The standard InChI is InChI=1S/C19H22N4O2/c1-13(21-18(24)25-19(2,3)4)16-22-15-11-8-12-20-17(15)23(16)14-9-6-5-7-10-14/h5-13H,1-4H3,(H,21,24)/t13-/m1/s1. The molecule has 1 N–H and O–H groups in total. The van der Waals surface area contributed by atoms with E-state index in [1.165, 1.54) is 0 Å². The summed E-state index contributed by atoms with van der Waals surface area (Å²) in [6, 6.07) is 13.3. The molecule has 0 fully saturated rings. The van der Waals surface area contributed by atoms with Gasteiger partial charge in [-0.15, -0.1) is 0 Å². The lowest BCUT2D eigenvalue weighted by Gasteiger charge is -2.22. The molecule has 130 valence electrons. The number of aromatic nitrogens is 3. The molecule has 0 saturated heterocycles. The summed E-state index contributed by atoms with van der Waals surface area (Å²) in [6.45, 7) is 7.38. The molecule has 2 heterocycles. The molecule has 0 bridgehead atoms. The number of imidazole rings is 1. The molecule has 0 spiro atoms. The van der Waals surface area contributed by atoms with E-state index in [9.17, 15) is 4.79 Å². The molecule has 1 amide bonds. The number of carbonyl (C=O) groups is 1. The summed E-state index contributed by atoms with van der Waals surface area (Å²) in [6.07, 6.45) is 1.26. The Balaban J connectivity index is 2.00. The predicted molar refractivity (Wildman–Crippen MR) is 96.6 cm³/mol. The largest absolute Gasteiger partial charge is 0.444 e. The first-order chi connectivity index (χ1) is 11.8. The number of para-hydroxylation sites is 1. The minimum absolute atomic E-state index is 0.343. The number of alkyl carbamates (subject to hydrolysis) is 1. The first kappa shape index (κ1) is 17.0. The third-order valence-electron chi connectivity index (χ3n) is 3.58. The third kappa shape index (κ3) is 3.79. The fourth-order valence-corrected chi connectivity index (χ4v) is 2.60. The normalized spacial score (nSPS) is 12.8. The number of benzene rings is 1. The van der Waals surface area contributed by atoms with Crippen LogP contribution in [-0.2, 0) is 4.74 Å². The zero-order valence-corrected chi connectivity index (χ0v) is 14.9. The average Bonchev–Trinajstić information content (AvgIpc) is 2.93. The van der Waals surface area contributed by atoms with Gasteiger partial charge in [0, 0.05) is 11.9 Å². The third-order valence-corrected chi connectivity index (χ3v) is 3.58. The lowest BCUT2D eigenvalue weighted by molar-refractivity contribution is 0.0505. The lowest BCUT2D eigenvalue weighted by atomic mass is 10.2. The van der Waals surface area contributed by atoms with E-state index >= 15 is 0 Å². The number of carbonyl (C=O) groups excluding carboxylic acids is 1. The number of hydrogen-bond acceptors (Lipinski definition) is 4. The monoisotopic (exact) mass is 338 g/mol. The fourth-order valence-electron chi connectivity index (χ4n) is 2.60. The highest BCUT2D eigenvalue weighted by Crippen LogP contribution is 2.24. The van der Waals surface area contributed by atoms with Crippen molar-refractivity contribution in [3.8, 4) is 5.69 Å². The Morgan fingerprint density at radius 1 is 1.16 bits per heavy atom. The average molecular weight is 338 g/mol. The molecule has 6 heteroatoms. The summed E-state index contributed by atoms with van der Waals surface area (Å²) in [5.41, 5.74) is 1.92. The Hall–Kier alpha value is -2.89. The van der Waals surface area contributed by atoms with Gasteiger partial charge in [0.15, 0.2) is 5.65 Å². The number of amides is 1. The van der Waals surface area contributed by atoms with Crippen LogP contribution in [0.2, 0.25) is 0 Å². The molecule has 0 aliphatic carbocycles. The lowest BCUT2D eigenvalue weighted by Crippen LogP contribution is -2.34. The van der Waals surface area contributed by atoms with Crippen LogP contribution in [0.25, 0.3) is 16.9 Å². The highest BCUT2D eigenvalue weighted by molar-refractivity contribution is 5.74. The van der Waals surface area contributed by atoms with Crippen LogP contribution in [0.1, 0.15) is 39.6 Å². The van der Waals surface area contributed by atoms with Crippen LogP contribution >= 0.6 is 0 Å². The summed E-state index contributed by atoms with van der Waals surface area (Å²) in [5.74, 6) is 0.700. The number of pyridine rings is 1. The molecule has 0 saturated carbocycles. The summed E-state index contributed by atoms with van der Waals surface area (Å²) in [4.78, 5) is 21.2. The smallest absolute Gasteiger partial charge is 0.408 e. The highest BCUT2D eigenvalue weighted by atomic mass is 16.6. The van der Waals surface area contributed by atoms with Crippen molar-refractivity contribution in [1.29, 1.82) is 0 Å². The van der Waals surface area contributed by atoms with Gasteiger partial charge in [-0.2, -0.15) is 0 Å². The second-order valence-corrected chi connectivity index (χ2v) is 6.86. The van der Waals surface area contributed by atoms with Crippen LogP contribution in [-0.4, -0.2) is 26.2 Å². The molecule has 0 unspecified atom stereocenters. The van der Waals surface area contributed by atoms with Gasteiger partial charge >= 0.3 is 6.09 Å². The zero-order chi connectivity index (χ0) is 18.0. The first-order valence-corrected chi connectivity index (χ1v) is 8.23. The minimum Gasteiger partial charge on any atom is -0.444 e. The predicted octanol–water partition coefficient (Wildman–Crippen LogP) is 4.01. The van der Waals surface area contributed by atoms with Crippen LogP contribution in [0.15, 0.2) is 48.7 Å². The molecule has 0 radical (unpaired) electrons. The van der Waals surface area contributed by atoms with Crippen molar-refractivity contribution in [3.05, 3.63) is 54.5 Å². The SMILES string of the molecule is C[C@@H](NC(=O)OC(C)(C)C)c1nc2cccnc2n1-c1ccccc1. The number of rotatable bonds is 3. The molecule has 3 rings (SSSR count). The summed E-state index contributed by atoms with van der Waals surface area (Å²) < 4.78 is 7.30. The molecule has 3 aromatic rings. The van der Waals surface area contributed by atoms with E-state index < -0.39 is 11.7 Å². The molecule has 2 aromatic heterocycles. The molecule has 1 aromatic carbocycles. The molecule has 25 heavy (non-hydrogen) atoms. The van der Waals surface area contributed by atoms with Gasteiger partial charge in [0.1, 0.15) is 16.9 Å². The van der Waals surface area contributed by atoms with Crippen molar-refractivity contribution < 1.29 is 9.53 Å². The van der Waals surface area contributed by atoms with Crippen LogP contribution in [0.5, 0.6) is 0 Å². The van der Waals surface area contributed by atoms with E-state index in [1.54, 1.807) is 6.20 Å². The van der Waals surface area contributed by atoms with E-state index in [4.69, 9.17) is 4.74 Å². The Morgan fingerprint density at radius 2 is 1.88 bits per heavy atom. The van der Waals surface area contributed by atoms with E-state index in [1.807, 2.05) is 74.7 Å².